The summed E-state index contributed by atoms with van der Waals surface area (Å²) in [4.78, 5) is 12.3. The van der Waals surface area contributed by atoms with Crippen LogP contribution in [0.1, 0.15) is 34.7 Å². The van der Waals surface area contributed by atoms with Crippen molar-refractivity contribution in [3.63, 3.8) is 0 Å². The van der Waals surface area contributed by atoms with E-state index in [0.717, 1.165) is 17.7 Å². The summed E-state index contributed by atoms with van der Waals surface area (Å²) >= 11 is 5.64. The number of ketones is 1. The summed E-state index contributed by atoms with van der Waals surface area (Å²) in [5, 5.41) is 0.0305. The molecule has 0 fully saturated rings. The van der Waals surface area contributed by atoms with E-state index in [4.69, 9.17) is 16.3 Å². The monoisotopic (exact) mass is 304 g/mol. The van der Waals surface area contributed by atoms with E-state index < -0.39 is 5.82 Å². The van der Waals surface area contributed by atoms with Crippen LogP contribution in [0.2, 0.25) is 5.02 Å². The first-order valence-corrected chi connectivity index (χ1v) is 7.23. The molecular weight excluding hydrogens is 291 g/mol. The van der Waals surface area contributed by atoms with Crippen LogP contribution in [-0.4, -0.2) is 12.4 Å². The largest absolute Gasteiger partial charge is 0.493 e. The Balaban J connectivity index is 1.81. The maximum atomic E-state index is 13.5. The van der Waals surface area contributed by atoms with Gasteiger partial charge >= 0.3 is 0 Å². The minimum absolute atomic E-state index is 0.0305. The first kappa shape index (κ1) is 14.1. The van der Waals surface area contributed by atoms with Crippen LogP contribution in [0.15, 0.2) is 42.5 Å². The highest BCUT2D eigenvalue weighted by molar-refractivity contribution is 6.30. The topological polar surface area (TPSA) is 26.3 Å². The standard InChI is InChI=1S/C17H14ClFO2/c18-14-6-5-12(9-15(14)19)16(20)10-11-7-8-21-17-4-2-1-3-13(11)17/h1-6,9,11H,7-8,10H2. The van der Waals surface area contributed by atoms with Crippen molar-refractivity contribution in [2.45, 2.75) is 18.8 Å². The Hall–Kier alpha value is -1.87. The molecule has 1 aliphatic heterocycles. The van der Waals surface area contributed by atoms with Crippen molar-refractivity contribution in [2.24, 2.45) is 0 Å². The van der Waals surface area contributed by atoms with Gasteiger partial charge in [-0.05, 0) is 42.2 Å². The van der Waals surface area contributed by atoms with Gasteiger partial charge in [0.1, 0.15) is 11.6 Å². The van der Waals surface area contributed by atoms with Crippen LogP contribution < -0.4 is 4.74 Å². The molecule has 1 unspecified atom stereocenters. The molecule has 1 atom stereocenters. The van der Waals surface area contributed by atoms with E-state index in [1.807, 2.05) is 24.3 Å². The smallest absolute Gasteiger partial charge is 0.163 e. The van der Waals surface area contributed by atoms with E-state index in [1.54, 1.807) is 6.07 Å². The van der Waals surface area contributed by atoms with Gasteiger partial charge in [0, 0.05) is 12.0 Å². The number of carbonyl (C=O) groups excluding carboxylic acids is 1. The zero-order valence-corrected chi connectivity index (χ0v) is 12.1. The third kappa shape index (κ3) is 2.93. The Labute approximate surface area is 127 Å². The van der Waals surface area contributed by atoms with Crippen LogP contribution in [0.5, 0.6) is 5.75 Å². The maximum Gasteiger partial charge on any atom is 0.163 e. The number of ether oxygens (including phenoxy) is 1. The van der Waals surface area contributed by atoms with Gasteiger partial charge in [0.15, 0.2) is 5.78 Å². The summed E-state index contributed by atoms with van der Waals surface area (Å²) in [6.07, 6.45) is 1.14. The maximum absolute atomic E-state index is 13.5. The molecule has 0 amide bonds. The SMILES string of the molecule is O=C(CC1CCOc2ccccc21)c1ccc(Cl)c(F)c1. The second-order valence-electron chi connectivity index (χ2n) is 5.13. The number of fused-ring (bicyclic) bond motifs is 1. The lowest BCUT2D eigenvalue weighted by atomic mass is 9.87. The molecule has 21 heavy (non-hydrogen) atoms. The number of carbonyl (C=O) groups is 1. The molecule has 0 aromatic heterocycles. The fourth-order valence-corrected chi connectivity index (χ4v) is 2.76. The van der Waals surface area contributed by atoms with Crippen molar-refractivity contribution in [3.05, 3.63) is 64.4 Å². The molecule has 0 aliphatic carbocycles. The fraction of sp³-hybridized carbons (Fsp3) is 0.235. The van der Waals surface area contributed by atoms with Gasteiger partial charge in [-0.25, -0.2) is 4.39 Å². The van der Waals surface area contributed by atoms with Gasteiger partial charge in [-0.2, -0.15) is 0 Å². The molecule has 0 N–H and O–H groups in total. The highest BCUT2D eigenvalue weighted by Gasteiger charge is 2.24. The Morgan fingerprint density at radius 1 is 1.29 bits per heavy atom. The van der Waals surface area contributed by atoms with Gasteiger partial charge in [0.05, 0.1) is 11.6 Å². The van der Waals surface area contributed by atoms with Crippen LogP contribution in [-0.2, 0) is 0 Å². The predicted molar refractivity (Wildman–Crippen MR) is 79.7 cm³/mol. The van der Waals surface area contributed by atoms with Crippen LogP contribution in [0, 0.1) is 5.82 Å². The van der Waals surface area contributed by atoms with Gasteiger partial charge in [0.2, 0.25) is 0 Å². The molecule has 0 spiro atoms. The summed E-state index contributed by atoms with van der Waals surface area (Å²) in [6.45, 7) is 0.601. The number of rotatable bonds is 3. The molecule has 2 aromatic carbocycles. The highest BCUT2D eigenvalue weighted by Crippen LogP contribution is 2.36. The molecule has 0 radical (unpaired) electrons. The lowest BCUT2D eigenvalue weighted by Crippen LogP contribution is -2.17. The fourth-order valence-electron chi connectivity index (χ4n) is 2.64. The van der Waals surface area contributed by atoms with E-state index >= 15 is 0 Å². The quantitative estimate of drug-likeness (QED) is 0.774. The van der Waals surface area contributed by atoms with Gasteiger partial charge < -0.3 is 4.74 Å². The van der Waals surface area contributed by atoms with Crippen LogP contribution in [0.3, 0.4) is 0 Å². The van der Waals surface area contributed by atoms with Gasteiger partial charge in [-0.1, -0.05) is 29.8 Å². The van der Waals surface area contributed by atoms with Crippen molar-refractivity contribution in [2.75, 3.05) is 6.61 Å². The van der Waals surface area contributed by atoms with Gasteiger partial charge in [-0.15, -0.1) is 0 Å². The Morgan fingerprint density at radius 3 is 2.90 bits per heavy atom. The van der Waals surface area contributed by atoms with Crippen molar-refractivity contribution < 1.29 is 13.9 Å². The Morgan fingerprint density at radius 2 is 2.10 bits per heavy atom. The third-order valence-electron chi connectivity index (χ3n) is 3.76. The molecule has 2 aromatic rings. The first-order chi connectivity index (χ1) is 10.1. The molecule has 1 heterocycles. The lowest BCUT2D eigenvalue weighted by Gasteiger charge is -2.25. The van der Waals surface area contributed by atoms with E-state index in [9.17, 15) is 9.18 Å². The van der Waals surface area contributed by atoms with Crippen LogP contribution >= 0.6 is 11.6 Å². The molecule has 108 valence electrons. The minimum Gasteiger partial charge on any atom is -0.493 e. The number of hydrogen-bond acceptors (Lipinski definition) is 2. The predicted octanol–water partition coefficient (Wildman–Crippen LogP) is 4.62. The number of para-hydroxylation sites is 1. The summed E-state index contributed by atoms with van der Waals surface area (Å²) < 4.78 is 19.0. The molecule has 1 aliphatic rings. The average molecular weight is 305 g/mol. The van der Waals surface area contributed by atoms with Crippen LogP contribution in [0.4, 0.5) is 4.39 Å². The summed E-state index contributed by atoms with van der Waals surface area (Å²) in [5.74, 6) is 0.312. The molecule has 3 rings (SSSR count). The second-order valence-corrected chi connectivity index (χ2v) is 5.54. The molecule has 0 saturated heterocycles. The minimum atomic E-state index is -0.560. The number of halogens is 2. The molecular formula is C17H14ClFO2. The molecule has 4 heteroatoms. The molecule has 0 bridgehead atoms. The lowest BCUT2D eigenvalue weighted by molar-refractivity contribution is 0.0965. The zero-order chi connectivity index (χ0) is 14.8. The van der Waals surface area contributed by atoms with Gasteiger partial charge in [0.25, 0.3) is 0 Å². The summed E-state index contributed by atoms with van der Waals surface area (Å²) in [6, 6.07) is 11.9. The Bertz CT molecular complexity index is 684. The van der Waals surface area contributed by atoms with Crippen LogP contribution in [0.25, 0.3) is 0 Å². The van der Waals surface area contributed by atoms with Crippen molar-refractivity contribution in [1.82, 2.24) is 0 Å². The number of hydrogen-bond donors (Lipinski definition) is 0. The molecule has 2 nitrogen and oxygen atoms in total. The third-order valence-corrected chi connectivity index (χ3v) is 4.06. The zero-order valence-electron chi connectivity index (χ0n) is 11.3. The second kappa shape index (κ2) is 5.86. The Kier molecular flexibility index (Phi) is 3.93. The van der Waals surface area contributed by atoms with Gasteiger partial charge in [-0.3, -0.25) is 4.79 Å². The van der Waals surface area contributed by atoms with Crippen molar-refractivity contribution in [3.8, 4) is 5.75 Å². The highest BCUT2D eigenvalue weighted by atomic mass is 35.5. The normalized spacial score (nSPS) is 17.0. The van der Waals surface area contributed by atoms with E-state index in [1.165, 1.54) is 12.1 Å². The summed E-state index contributed by atoms with van der Waals surface area (Å²) in [5.41, 5.74) is 1.41. The van der Waals surface area contributed by atoms with Crippen molar-refractivity contribution in [1.29, 1.82) is 0 Å². The van der Waals surface area contributed by atoms with Crippen molar-refractivity contribution >= 4 is 17.4 Å². The van der Waals surface area contributed by atoms with E-state index in [0.29, 0.717) is 18.6 Å². The average Bonchev–Trinajstić information content (AvgIpc) is 2.50. The van der Waals surface area contributed by atoms with E-state index in [2.05, 4.69) is 0 Å². The first-order valence-electron chi connectivity index (χ1n) is 6.85. The van der Waals surface area contributed by atoms with E-state index in [-0.39, 0.29) is 16.7 Å². The summed E-state index contributed by atoms with van der Waals surface area (Å²) in [7, 11) is 0. The number of Topliss-reactive ketones (excluding diaryl/α,β-unsaturated/α-hetero) is 1. The molecule has 0 saturated carbocycles. The number of benzene rings is 2.